The molecule has 118 valence electrons. The average molecular weight is 292 g/mol. The van der Waals surface area contributed by atoms with Crippen molar-refractivity contribution in [2.45, 2.75) is 72.1 Å². The highest BCUT2D eigenvalue weighted by Crippen LogP contribution is 2.36. The lowest BCUT2D eigenvalue weighted by Gasteiger charge is -2.22. The van der Waals surface area contributed by atoms with Crippen LogP contribution in [-0.2, 0) is 10.2 Å². The van der Waals surface area contributed by atoms with E-state index in [0.29, 0.717) is 12.2 Å². The predicted molar refractivity (Wildman–Crippen MR) is 85.9 cm³/mol. The fraction of sp³-hybridized carbons (Fsp3) is 0.611. The van der Waals surface area contributed by atoms with E-state index in [1.807, 2.05) is 27.7 Å². The Morgan fingerprint density at radius 3 is 2.43 bits per heavy atom. The topological polar surface area (TPSA) is 46.5 Å². The highest BCUT2D eigenvalue weighted by atomic mass is 16.5. The van der Waals surface area contributed by atoms with Crippen LogP contribution in [0.15, 0.2) is 12.1 Å². The molecule has 1 aromatic rings. The summed E-state index contributed by atoms with van der Waals surface area (Å²) in [5.74, 6) is 0.608. The second-order valence-corrected chi connectivity index (χ2v) is 6.67. The van der Waals surface area contributed by atoms with Gasteiger partial charge in [0.1, 0.15) is 11.5 Å². The molecule has 0 fully saturated rings. The van der Waals surface area contributed by atoms with Crippen LogP contribution in [0, 0.1) is 6.92 Å². The van der Waals surface area contributed by atoms with Crippen molar-refractivity contribution in [2.24, 2.45) is 0 Å². The van der Waals surface area contributed by atoms with Crippen molar-refractivity contribution >= 4 is 5.97 Å². The summed E-state index contributed by atoms with van der Waals surface area (Å²) in [7, 11) is 0. The Labute approximate surface area is 128 Å². The summed E-state index contributed by atoms with van der Waals surface area (Å²) in [5, 5.41) is 10.2. The fourth-order valence-corrected chi connectivity index (χ4v) is 2.26. The van der Waals surface area contributed by atoms with Crippen molar-refractivity contribution in [1.82, 2.24) is 0 Å². The molecular weight excluding hydrogens is 264 g/mol. The monoisotopic (exact) mass is 292 g/mol. The summed E-state index contributed by atoms with van der Waals surface area (Å²) in [4.78, 5) is 11.8. The molecular formula is C18H28O3. The molecule has 21 heavy (non-hydrogen) atoms. The fourth-order valence-electron chi connectivity index (χ4n) is 2.26. The zero-order valence-corrected chi connectivity index (χ0v) is 14.0. The number of aromatic hydroxyl groups is 1. The van der Waals surface area contributed by atoms with Crippen LogP contribution in [0.5, 0.6) is 11.5 Å². The molecule has 0 bridgehead atoms. The molecule has 0 aromatic heterocycles. The van der Waals surface area contributed by atoms with Crippen LogP contribution in [-0.4, -0.2) is 11.1 Å². The number of carbonyl (C=O) groups is 1. The zero-order chi connectivity index (χ0) is 16.0. The summed E-state index contributed by atoms with van der Waals surface area (Å²) in [6, 6.07) is 3.49. The number of phenols is 1. The van der Waals surface area contributed by atoms with Gasteiger partial charge in [-0.05, 0) is 36.5 Å². The molecule has 1 aromatic carbocycles. The van der Waals surface area contributed by atoms with Crippen molar-refractivity contribution < 1.29 is 14.6 Å². The van der Waals surface area contributed by atoms with Crippen molar-refractivity contribution in [3.05, 3.63) is 23.3 Å². The van der Waals surface area contributed by atoms with Crippen molar-refractivity contribution in [3.63, 3.8) is 0 Å². The number of rotatable bonds is 6. The Kier molecular flexibility index (Phi) is 6.25. The average Bonchev–Trinajstić information content (AvgIpc) is 2.37. The van der Waals surface area contributed by atoms with E-state index in [0.717, 1.165) is 36.8 Å². The van der Waals surface area contributed by atoms with Crippen molar-refractivity contribution in [2.75, 3.05) is 0 Å². The Balaban J connectivity index is 2.76. The molecule has 0 heterocycles. The molecule has 0 aliphatic rings. The van der Waals surface area contributed by atoms with Crippen LogP contribution in [0.25, 0.3) is 0 Å². The lowest BCUT2D eigenvalue weighted by molar-refractivity contribution is -0.134. The van der Waals surface area contributed by atoms with Gasteiger partial charge in [0.2, 0.25) is 0 Å². The summed E-state index contributed by atoms with van der Waals surface area (Å²) in [6.07, 6.45) is 4.69. The maximum absolute atomic E-state index is 11.8. The van der Waals surface area contributed by atoms with Gasteiger partial charge in [-0.3, -0.25) is 4.79 Å². The Morgan fingerprint density at radius 1 is 1.19 bits per heavy atom. The maximum Gasteiger partial charge on any atom is 0.311 e. The van der Waals surface area contributed by atoms with Gasteiger partial charge in [-0.2, -0.15) is 0 Å². The minimum absolute atomic E-state index is 0.196. The van der Waals surface area contributed by atoms with Crippen molar-refractivity contribution in [3.8, 4) is 11.5 Å². The Bertz CT molecular complexity index is 484. The molecule has 0 saturated carbocycles. The third-order valence-electron chi connectivity index (χ3n) is 3.55. The molecule has 3 heteroatoms. The summed E-state index contributed by atoms with van der Waals surface area (Å²) in [5.41, 5.74) is 1.34. The number of unbranched alkanes of at least 4 members (excludes halogenated alkanes) is 3. The van der Waals surface area contributed by atoms with Gasteiger partial charge in [-0.25, -0.2) is 0 Å². The van der Waals surface area contributed by atoms with Gasteiger partial charge >= 0.3 is 5.97 Å². The van der Waals surface area contributed by atoms with Gasteiger partial charge in [0.15, 0.2) is 0 Å². The summed E-state index contributed by atoms with van der Waals surface area (Å²) < 4.78 is 5.42. The minimum Gasteiger partial charge on any atom is -0.507 e. The molecule has 0 aliphatic carbocycles. The number of hydrogen-bond donors (Lipinski definition) is 1. The van der Waals surface area contributed by atoms with Crippen LogP contribution < -0.4 is 4.74 Å². The number of esters is 1. The van der Waals surface area contributed by atoms with E-state index in [1.165, 1.54) is 0 Å². The molecule has 3 nitrogen and oxygen atoms in total. The number of ether oxygens (including phenoxy) is 1. The number of benzene rings is 1. The number of phenolic OH excluding ortho intramolecular Hbond substituents is 1. The van der Waals surface area contributed by atoms with Crippen LogP contribution in [0.2, 0.25) is 0 Å². The van der Waals surface area contributed by atoms with Crippen LogP contribution >= 0.6 is 0 Å². The maximum atomic E-state index is 11.8. The minimum atomic E-state index is -0.198. The molecule has 0 aliphatic heterocycles. The molecule has 0 atom stereocenters. The first-order valence-electron chi connectivity index (χ1n) is 7.80. The van der Waals surface area contributed by atoms with Gasteiger partial charge in [-0.15, -0.1) is 0 Å². The van der Waals surface area contributed by atoms with Crippen molar-refractivity contribution in [1.29, 1.82) is 0 Å². The largest absolute Gasteiger partial charge is 0.507 e. The first-order chi connectivity index (χ1) is 9.75. The number of aryl methyl sites for hydroxylation is 1. The van der Waals surface area contributed by atoms with Crippen LogP contribution in [0.1, 0.15) is 70.9 Å². The van der Waals surface area contributed by atoms with Crippen LogP contribution in [0.4, 0.5) is 0 Å². The third kappa shape index (κ3) is 5.41. The second-order valence-electron chi connectivity index (χ2n) is 6.67. The summed E-state index contributed by atoms with van der Waals surface area (Å²) >= 11 is 0. The molecule has 1 N–H and O–H groups in total. The van der Waals surface area contributed by atoms with E-state index in [4.69, 9.17) is 4.74 Å². The highest BCUT2D eigenvalue weighted by molar-refractivity contribution is 5.72. The number of hydrogen-bond acceptors (Lipinski definition) is 3. The molecule has 0 spiro atoms. The molecule has 1 rings (SSSR count). The second kappa shape index (κ2) is 7.48. The first kappa shape index (κ1) is 17.5. The highest BCUT2D eigenvalue weighted by Gasteiger charge is 2.21. The lowest BCUT2D eigenvalue weighted by atomic mass is 9.85. The quantitative estimate of drug-likeness (QED) is 0.462. The standard InChI is InChI=1S/C18H28O3/c1-6-7-8-9-10-16(19)21-14-11-13(2)17(20)15(12-14)18(3,4)5/h11-12,20H,6-10H2,1-5H3. The molecule has 0 amide bonds. The van der Waals surface area contributed by atoms with E-state index in [-0.39, 0.29) is 17.1 Å². The van der Waals surface area contributed by atoms with Gasteiger partial charge < -0.3 is 9.84 Å². The summed E-state index contributed by atoms with van der Waals surface area (Å²) in [6.45, 7) is 10.0. The smallest absolute Gasteiger partial charge is 0.311 e. The number of carbonyl (C=O) groups excluding carboxylic acids is 1. The van der Waals surface area contributed by atoms with Gasteiger partial charge in [0, 0.05) is 12.0 Å². The van der Waals surface area contributed by atoms with E-state index in [9.17, 15) is 9.90 Å². The Morgan fingerprint density at radius 2 is 1.86 bits per heavy atom. The van der Waals surface area contributed by atoms with Gasteiger partial charge in [-0.1, -0.05) is 47.0 Å². The predicted octanol–water partition coefficient (Wildman–Crippen LogP) is 4.87. The van der Waals surface area contributed by atoms with E-state index in [1.54, 1.807) is 12.1 Å². The third-order valence-corrected chi connectivity index (χ3v) is 3.55. The van der Waals surface area contributed by atoms with E-state index < -0.39 is 0 Å². The van der Waals surface area contributed by atoms with E-state index in [2.05, 4.69) is 6.92 Å². The SMILES string of the molecule is CCCCCCC(=O)Oc1cc(C)c(O)c(C(C)(C)C)c1. The van der Waals surface area contributed by atoms with Gasteiger partial charge in [0.05, 0.1) is 0 Å². The van der Waals surface area contributed by atoms with Crippen LogP contribution in [0.3, 0.4) is 0 Å². The molecule has 0 saturated heterocycles. The van der Waals surface area contributed by atoms with E-state index >= 15 is 0 Å². The molecule has 0 radical (unpaired) electrons. The molecule has 0 unspecified atom stereocenters. The Hall–Kier alpha value is -1.51. The lowest BCUT2D eigenvalue weighted by Crippen LogP contribution is -2.13. The first-order valence-corrected chi connectivity index (χ1v) is 7.80. The zero-order valence-electron chi connectivity index (χ0n) is 14.0. The normalized spacial score (nSPS) is 11.5. The van der Waals surface area contributed by atoms with Gasteiger partial charge in [0.25, 0.3) is 0 Å².